The van der Waals surface area contributed by atoms with E-state index in [9.17, 15) is 14.4 Å². The van der Waals surface area contributed by atoms with Crippen LogP contribution < -0.4 is 5.32 Å². The fourth-order valence-electron chi connectivity index (χ4n) is 3.57. The lowest BCUT2D eigenvalue weighted by molar-refractivity contribution is 0.0303. The van der Waals surface area contributed by atoms with Gasteiger partial charge >= 0.3 is 0 Å². The minimum atomic E-state index is -0.330. The number of aryl methyl sites for hydroxylation is 1. The second kappa shape index (κ2) is 8.39. The second-order valence-electron chi connectivity index (χ2n) is 6.83. The van der Waals surface area contributed by atoms with Gasteiger partial charge in [0.2, 0.25) is 0 Å². The highest BCUT2D eigenvalue weighted by molar-refractivity contribution is 6.08. The number of morpholine rings is 1. The van der Waals surface area contributed by atoms with Crippen LogP contribution in [0, 0.1) is 6.92 Å². The van der Waals surface area contributed by atoms with Gasteiger partial charge in [0.05, 0.1) is 13.2 Å². The molecular formula is C21H25N3O4. The molecule has 28 heavy (non-hydrogen) atoms. The van der Waals surface area contributed by atoms with Crippen LogP contribution in [-0.2, 0) is 11.2 Å². The predicted octanol–water partition coefficient (Wildman–Crippen LogP) is 2.81. The largest absolute Gasteiger partial charge is 0.378 e. The first-order valence-electron chi connectivity index (χ1n) is 9.43. The number of rotatable bonds is 5. The molecule has 3 rings (SSSR count). The van der Waals surface area contributed by atoms with Crippen LogP contribution in [0.15, 0.2) is 24.3 Å². The lowest BCUT2D eigenvalue weighted by Gasteiger charge is -2.27. The Morgan fingerprint density at radius 2 is 1.93 bits per heavy atom. The van der Waals surface area contributed by atoms with Crippen LogP contribution in [0.1, 0.15) is 56.3 Å². The Morgan fingerprint density at radius 1 is 1.21 bits per heavy atom. The number of ketones is 1. The smallest absolute Gasteiger partial charge is 0.272 e. The molecule has 2 amide bonds. The van der Waals surface area contributed by atoms with Crippen LogP contribution in [0.2, 0.25) is 0 Å². The molecule has 1 saturated heterocycles. The summed E-state index contributed by atoms with van der Waals surface area (Å²) in [6, 6.07) is 6.88. The normalized spacial score (nSPS) is 14.0. The fourth-order valence-corrected chi connectivity index (χ4v) is 3.57. The standard InChI is InChI=1S/C21H25N3O4/c1-4-17-18(14(3)25)13(2)22-19(17)20(26)23-16-7-5-6-15(12-16)21(27)24-8-10-28-11-9-24/h5-7,12,22H,4,8-11H2,1-3H3,(H,23,26). The molecule has 1 aliphatic rings. The summed E-state index contributed by atoms with van der Waals surface area (Å²) < 4.78 is 5.28. The molecule has 1 aromatic heterocycles. The summed E-state index contributed by atoms with van der Waals surface area (Å²) in [7, 11) is 0. The van der Waals surface area contributed by atoms with Crippen LogP contribution in [0.3, 0.4) is 0 Å². The topological polar surface area (TPSA) is 91.5 Å². The Labute approximate surface area is 164 Å². The summed E-state index contributed by atoms with van der Waals surface area (Å²) in [6.07, 6.45) is 0.567. The molecule has 1 aliphatic heterocycles. The molecule has 7 heteroatoms. The maximum absolute atomic E-state index is 12.8. The average molecular weight is 383 g/mol. The molecule has 0 spiro atoms. The first-order valence-corrected chi connectivity index (χ1v) is 9.43. The Morgan fingerprint density at radius 3 is 2.57 bits per heavy atom. The van der Waals surface area contributed by atoms with Crippen molar-refractivity contribution >= 4 is 23.3 Å². The third kappa shape index (κ3) is 3.99. The van der Waals surface area contributed by atoms with Crippen LogP contribution in [-0.4, -0.2) is 53.8 Å². The lowest BCUT2D eigenvalue weighted by atomic mass is 10.0. The average Bonchev–Trinajstić information content (AvgIpc) is 3.05. The number of aromatic nitrogens is 1. The highest BCUT2D eigenvalue weighted by Crippen LogP contribution is 2.22. The van der Waals surface area contributed by atoms with Gasteiger partial charge in [-0.05, 0) is 44.0 Å². The van der Waals surface area contributed by atoms with Crippen molar-refractivity contribution in [1.29, 1.82) is 0 Å². The quantitative estimate of drug-likeness (QED) is 0.777. The van der Waals surface area contributed by atoms with E-state index in [1.807, 2.05) is 6.92 Å². The number of anilines is 1. The van der Waals surface area contributed by atoms with Crippen LogP contribution in [0.5, 0.6) is 0 Å². The Hall–Kier alpha value is -2.93. The third-order valence-corrected chi connectivity index (χ3v) is 4.89. The van der Waals surface area contributed by atoms with Gasteiger partial charge in [0, 0.05) is 35.6 Å². The number of nitrogens with zero attached hydrogens (tertiary/aromatic N) is 1. The number of H-pyrrole nitrogens is 1. The van der Waals surface area contributed by atoms with Crippen molar-refractivity contribution in [3.05, 3.63) is 52.3 Å². The summed E-state index contributed by atoms with van der Waals surface area (Å²) in [5, 5.41) is 2.83. The minimum absolute atomic E-state index is 0.0669. The Balaban J connectivity index is 1.81. The maximum Gasteiger partial charge on any atom is 0.272 e. The first kappa shape index (κ1) is 19.8. The van der Waals surface area contributed by atoms with Gasteiger partial charge in [0.25, 0.3) is 11.8 Å². The van der Waals surface area contributed by atoms with E-state index in [4.69, 9.17) is 4.74 Å². The summed E-state index contributed by atoms with van der Waals surface area (Å²) in [4.78, 5) is 42.1. The van der Waals surface area contributed by atoms with Gasteiger partial charge in [0.1, 0.15) is 5.69 Å². The summed E-state index contributed by atoms with van der Waals surface area (Å²) in [6.45, 7) is 7.38. The highest BCUT2D eigenvalue weighted by atomic mass is 16.5. The fraction of sp³-hybridized carbons (Fsp3) is 0.381. The number of carbonyl (C=O) groups is 3. The zero-order valence-corrected chi connectivity index (χ0v) is 16.4. The molecule has 0 saturated carbocycles. The number of Topliss-reactive ketones (excluding diaryl/α,β-unsaturated/α-hetero) is 1. The molecule has 0 radical (unpaired) electrons. The first-order chi connectivity index (χ1) is 13.4. The number of hydrogen-bond donors (Lipinski definition) is 2. The van der Waals surface area contributed by atoms with Crippen molar-refractivity contribution in [3.8, 4) is 0 Å². The molecule has 2 N–H and O–H groups in total. The molecule has 0 unspecified atom stereocenters. The monoisotopic (exact) mass is 383 g/mol. The van der Waals surface area contributed by atoms with E-state index in [-0.39, 0.29) is 17.6 Å². The minimum Gasteiger partial charge on any atom is -0.378 e. The van der Waals surface area contributed by atoms with Gasteiger partial charge in [-0.3, -0.25) is 14.4 Å². The van der Waals surface area contributed by atoms with Gasteiger partial charge in [-0.1, -0.05) is 13.0 Å². The van der Waals surface area contributed by atoms with Gasteiger partial charge in [-0.25, -0.2) is 0 Å². The van der Waals surface area contributed by atoms with Crippen LogP contribution in [0.25, 0.3) is 0 Å². The van der Waals surface area contributed by atoms with Gasteiger partial charge in [-0.2, -0.15) is 0 Å². The van der Waals surface area contributed by atoms with E-state index in [1.165, 1.54) is 6.92 Å². The van der Waals surface area contributed by atoms with Crippen LogP contribution in [0.4, 0.5) is 5.69 Å². The number of carbonyl (C=O) groups excluding carboxylic acids is 3. The zero-order chi connectivity index (χ0) is 20.3. The molecule has 148 valence electrons. The SMILES string of the molecule is CCc1c(C(=O)Nc2cccc(C(=O)N3CCOCC3)c2)[nH]c(C)c1C(C)=O. The zero-order valence-electron chi connectivity index (χ0n) is 16.4. The second-order valence-corrected chi connectivity index (χ2v) is 6.83. The lowest BCUT2D eigenvalue weighted by Crippen LogP contribution is -2.40. The summed E-state index contributed by atoms with van der Waals surface area (Å²) >= 11 is 0. The van der Waals surface area contributed by atoms with Gasteiger partial charge in [0.15, 0.2) is 5.78 Å². The number of aromatic amines is 1. The molecule has 0 aliphatic carbocycles. The molecule has 1 aromatic carbocycles. The molecular weight excluding hydrogens is 358 g/mol. The van der Waals surface area contributed by atoms with E-state index >= 15 is 0 Å². The summed E-state index contributed by atoms with van der Waals surface area (Å²) in [5.74, 6) is -0.477. The number of benzene rings is 1. The molecule has 0 atom stereocenters. The molecule has 2 heterocycles. The third-order valence-electron chi connectivity index (χ3n) is 4.89. The number of amides is 2. The predicted molar refractivity (Wildman–Crippen MR) is 106 cm³/mol. The van der Waals surface area contributed by atoms with E-state index in [2.05, 4.69) is 10.3 Å². The van der Waals surface area contributed by atoms with Crippen molar-refractivity contribution < 1.29 is 19.1 Å². The highest BCUT2D eigenvalue weighted by Gasteiger charge is 2.22. The van der Waals surface area contributed by atoms with Crippen molar-refractivity contribution in [2.24, 2.45) is 0 Å². The van der Waals surface area contributed by atoms with E-state index in [1.54, 1.807) is 36.1 Å². The van der Waals surface area contributed by atoms with Crippen molar-refractivity contribution in [1.82, 2.24) is 9.88 Å². The van der Waals surface area contributed by atoms with Gasteiger partial charge < -0.3 is 19.9 Å². The molecule has 1 fully saturated rings. The van der Waals surface area contributed by atoms with Gasteiger partial charge in [-0.15, -0.1) is 0 Å². The molecule has 2 aromatic rings. The van der Waals surface area contributed by atoms with Crippen molar-refractivity contribution in [3.63, 3.8) is 0 Å². The van der Waals surface area contributed by atoms with E-state index in [0.717, 1.165) is 0 Å². The van der Waals surface area contributed by atoms with E-state index < -0.39 is 0 Å². The molecule has 0 bridgehead atoms. The van der Waals surface area contributed by atoms with E-state index in [0.29, 0.717) is 66.5 Å². The maximum atomic E-state index is 12.8. The number of hydrogen-bond acceptors (Lipinski definition) is 4. The number of ether oxygens (including phenoxy) is 1. The van der Waals surface area contributed by atoms with Crippen molar-refractivity contribution in [2.45, 2.75) is 27.2 Å². The Bertz CT molecular complexity index is 910. The van der Waals surface area contributed by atoms with Crippen LogP contribution >= 0.6 is 0 Å². The summed E-state index contributed by atoms with van der Waals surface area (Å²) in [5.41, 5.74) is 3.40. The molecule has 7 nitrogen and oxygen atoms in total. The van der Waals surface area contributed by atoms with Crippen molar-refractivity contribution in [2.75, 3.05) is 31.6 Å². The Kier molecular flexibility index (Phi) is 5.94. The number of nitrogens with one attached hydrogen (secondary N) is 2.